The molecule has 0 amide bonds. The van der Waals surface area contributed by atoms with Crippen LogP contribution in [-0.4, -0.2) is 38.1 Å². The molecule has 5 heteroatoms. The molecule has 0 radical (unpaired) electrons. The van der Waals surface area contributed by atoms with E-state index in [-0.39, 0.29) is 11.9 Å². The highest BCUT2D eigenvalue weighted by Crippen LogP contribution is 2.33. The van der Waals surface area contributed by atoms with Gasteiger partial charge in [0, 0.05) is 39.7 Å². The zero-order chi connectivity index (χ0) is 19.1. The van der Waals surface area contributed by atoms with Crippen LogP contribution in [0.25, 0.3) is 0 Å². The first kappa shape index (κ1) is 19.4. The number of aliphatic imine (C=N–C) groups is 1. The smallest absolute Gasteiger partial charge is 0.193 e. The molecule has 144 valence electrons. The fourth-order valence-corrected chi connectivity index (χ4v) is 3.65. The molecule has 0 aliphatic carbocycles. The molecule has 27 heavy (non-hydrogen) atoms. The number of benzene rings is 2. The zero-order valence-corrected chi connectivity index (χ0v) is 16.1. The first-order chi connectivity index (χ1) is 13.2. The van der Waals surface area contributed by atoms with Crippen LogP contribution in [0.1, 0.15) is 30.1 Å². The summed E-state index contributed by atoms with van der Waals surface area (Å²) >= 11 is 0. The summed E-state index contributed by atoms with van der Waals surface area (Å²) in [6.45, 7) is 2.20. The Morgan fingerprint density at radius 3 is 2.78 bits per heavy atom. The van der Waals surface area contributed by atoms with Gasteiger partial charge in [0.05, 0.1) is 6.10 Å². The predicted molar refractivity (Wildman–Crippen MR) is 107 cm³/mol. The van der Waals surface area contributed by atoms with Crippen molar-refractivity contribution >= 4 is 5.96 Å². The molecule has 0 bridgehead atoms. The van der Waals surface area contributed by atoms with Crippen LogP contribution in [0.15, 0.2) is 59.6 Å². The Bertz CT molecular complexity index is 750. The number of ether oxygens (including phenoxy) is 1. The minimum atomic E-state index is -0.214. The summed E-state index contributed by atoms with van der Waals surface area (Å²) in [5, 5.41) is 3.48. The van der Waals surface area contributed by atoms with Crippen LogP contribution in [-0.2, 0) is 11.3 Å². The summed E-state index contributed by atoms with van der Waals surface area (Å²) < 4.78 is 19.5. The van der Waals surface area contributed by atoms with Gasteiger partial charge in [-0.05, 0) is 36.1 Å². The monoisotopic (exact) mass is 369 g/mol. The predicted octanol–water partition coefficient (Wildman–Crippen LogP) is 4.00. The van der Waals surface area contributed by atoms with E-state index >= 15 is 0 Å². The third kappa shape index (κ3) is 5.30. The molecule has 2 aromatic carbocycles. The first-order valence-corrected chi connectivity index (χ1v) is 9.50. The van der Waals surface area contributed by atoms with Gasteiger partial charge in [-0.25, -0.2) is 4.39 Å². The minimum absolute atomic E-state index is 0.110. The minimum Gasteiger partial charge on any atom is -0.373 e. The number of nitrogens with one attached hydrogen (secondary N) is 1. The summed E-state index contributed by atoms with van der Waals surface area (Å²) in [5.74, 6) is 0.978. The van der Waals surface area contributed by atoms with E-state index in [0.717, 1.165) is 37.5 Å². The van der Waals surface area contributed by atoms with Gasteiger partial charge in [-0.15, -0.1) is 0 Å². The van der Waals surface area contributed by atoms with Crippen LogP contribution in [0.3, 0.4) is 0 Å². The van der Waals surface area contributed by atoms with Crippen LogP contribution in [0.2, 0.25) is 0 Å². The number of halogens is 1. The van der Waals surface area contributed by atoms with E-state index in [9.17, 15) is 4.39 Å². The maximum Gasteiger partial charge on any atom is 0.193 e. The van der Waals surface area contributed by atoms with Crippen LogP contribution in [0.5, 0.6) is 0 Å². The number of nitrogens with zero attached hydrogens (tertiary/aromatic N) is 2. The lowest BCUT2D eigenvalue weighted by Crippen LogP contribution is -2.42. The highest BCUT2D eigenvalue weighted by atomic mass is 19.1. The van der Waals surface area contributed by atoms with Gasteiger partial charge in [-0.3, -0.25) is 4.99 Å². The van der Waals surface area contributed by atoms with Gasteiger partial charge in [0.1, 0.15) is 5.82 Å². The molecular formula is C22H28FN3O. The Labute approximate surface area is 161 Å². The van der Waals surface area contributed by atoms with E-state index < -0.39 is 0 Å². The number of hydrogen-bond donors (Lipinski definition) is 1. The van der Waals surface area contributed by atoms with Gasteiger partial charge in [0.15, 0.2) is 5.96 Å². The SMILES string of the molecule is CN=C(NCC1CCCOC1c1ccccc1)N(C)Cc1cccc(F)c1. The maximum absolute atomic E-state index is 13.4. The molecule has 0 aromatic heterocycles. The molecule has 1 fully saturated rings. The van der Waals surface area contributed by atoms with E-state index in [4.69, 9.17) is 4.74 Å². The summed E-state index contributed by atoms with van der Waals surface area (Å²) in [4.78, 5) is 6.40. The summed E-state index contributed by atoms with van der Waals surface area (Å²) in [5.41, 5.74) is 2.15. The van der Waals surface area contributed by atoms with Crippen molar-refractivity contribution in [3.05, 3.63) is 71.5 Å². The van der Waals surface area contributed by atoms with Gasteiger partial charge in [-0.1, -0.05) is 42.5 Å². The third-order valence-corrected chi connectivity index (χ3v) is 4.98. The second-order valence-electron chi connectivity index (χ2n) is 7.02. The van der Waals surface area contributed by atoms with Crippen LogP contribution in [0, 0.1) is 11.7 Å². The lowest BCUT2D eigenvalue weighted by Gasteiger charge is -2.33. The second-order valence-corrected chi connectivity index (χ2v) is 7.02. The number of hydrogen-bond acceptors (Lipinski definition) is 2. The van der Waals surface area contributed by atoms with Crippen LogP contribution < -0.4 is 5.32 Å². The average molecular weight is 369 g/mol. The molecule has 1 saturated heterocycles. The van der Waals surface area contributed by atoms with Gasteiger partial charge in [-0.2, -0.15) is 0 Å². The van der Waals surface area contributed by atoms with E-state index in [1.54, 1.807) is 19.2 Å². The standard InChI is InChI=1S/C22H28FN3O/c1-24-22(26(2)16-17-8-6-12-20(23)14-17)25-15-19-11-7-13-27-21(19)18-9-4-3-5-10-18/h3-6,8-10,12,14,19,21H,7,11,13,15-16H2,1-2H3,(H,24,25). The fourth-order valence-electron chi connectivity index (χ4n) is 3.65. The normalized spacial score (nSPS) is 20.3. The van der Waals surface area contributed by atoms with Crippen LogP contribution in [0.4, 0.5) is 4.39 Å². The second kappa shape index (κ2) is 9.51. The quantitative estimate of drug-likeness (QED) is 0.639. The molecule has 4 nitrogen and oxygen atoms in total. The van der Waals surface area contributed by atoms with Crippen LogP contribution >= 0.6 is 0 Å². The van der Waals surface area contributed by atoms with E-state index in [1.807, 2.05) is 24.1 Å². The average Bonchev–Trinajstić information content (AvgIpc) is 2.69. The molecule has 1 heterocycles. The molecule has 3 rings (SSSR count). The summed E-state index contributed by atoms with van der Waals surface area (Å²) in [6.07, 6.45) is 2.31. The molecule has 1 aliphatic rings. The molecule has 1 N–H and O–H groups in total. The van der Waals surface area contributed by atoms with Crippen molar-refractivity contribution in [2.45, 2.75) is 25.5 Å². The maximum atomic E-state index is 13.4. The van der Waals surface area contributed by atoms with E-state index in [1.165, 1.54) is 11.6 Å². The topological polar surface area (TPSA) is 36.9 Å². The summed E-state index contributed by atoms with van der Waals surface area (Å²) in [6, 6.07) is 17.1. The largest absolute Gasteiger partial charge is 0.373 e. The molecule has 0 saturated carbocycles. The molecule has 2 atom stereocenters. The van der Waals surface area contributed by atoms with E-state index in [0.29, 0.717) is 12.5 Å². The molecule has 0 spiro atoms. The van der Waals surface area contributed by atoms with Gasteiger partial charge < -0.3 is 15.0 Å². The fraction of sp³-hybridized carbons (Fsp3) is 0.409. The Morgan fingerprint density at radius 1 is 1.22 bits per heavy atom. The molecule has 2 aromatic rings. The highest BCUT2D eigenvalue weighted by Gasteiger charge is 2.27. The molecule has 2 unspecified atom stereocenters. The lowest BCUT2D eigenvalue weighted by molar-refractivity contribution is -0.0266. The Kier molecular flexibility index (Phi) is 6.82. The van der Waals surface area contributed by atoms with Crippen molar-refractivity contribution < 1.29 is 9.13 Å². The summed E-state index contributed by atoms with van der Waals surface area (Å²) in [7, 11) is 3.74. The Balaban J connectivity index is 1.60. The van der Waals surface area contributed by atoms with Crippen molar-refractivity contribution in [1.82, 2.24) is 10.2 Å². The first-order valence-electron chi connectivity index (χ1n) is 9.50. The van der Waals surface area contributed by atoms with Crippen molar-refractivity contribution in [3.8, 4) is 0 Å². The molecular weight excluding hydrogens is 341 g/mol. The van der Waals surface area contributed by atoms with Gasteiger partial charge >= 0.3 is 0 Å². The number of guanidine groups is 1. The third-order valence-electron chi connectivity index (χ3n) is 4.98. The Hall–Kier alpha value is -2.40. The van der Waals surface area contributed by atoms with Crippen molar-refractivity contribution in [1.29, 1.82) is 0 Å². The highest BCUT2D eigenvalue weighted by molar-refractivity contribution is 5.79. The van der Waals surface area contributed by atoms with Crippen molar-refractivity contribution in [3.63, 3.8) is 0 Å². The van der Waals surface area contributed by atoms with Gasteiger partial charge in [0.25, 0.3) is 0 Å². The van der Waals surface area contributed by atoms with Crippen molar-refractivity contribution in [2.75, 3.05) is 27.2 Å². The zero-order valence-electron chi connectivity index (χ0n) is 16.1. The molecule has 1 aliphatic heterocycles. The van der Waals surface area contributed by atoms with Crippen molar-refractivity contribution in [2.24, 2.45) is 10.9 Å². The van der Waals surface area contributed by atoms with Gasteiger partial charge in [0.2, 0.25) is 0 Å². The van der Waals surface area contributed by atoms with E-state index in [2.05, 4.69) is 34.6 Å². The number of rotatable bonds is 5. The lowest BCUT2D eigenvalue weighted by atomic mass is 9.89. The Morgan fingerprint density at radius 2 is 2.04 bits per heavy atom.